The number of amides is 1. The molecule has 0 saturated carbocycles. The summed E-state index contributed by atoms with van der Waals surface area (Å²) in [5.41, 5.74) is 0.525. The highest BCUT2D eigenvalue weighted by molar-refractivity contribution is 5.83. The van der Waals surface area contributed by atoms with E-state index in [4.69, 9.17) is 4.74 Å². The molecule has 0 fully saturated rings. The van der Waals surface area contributed by atoms with E-state index in [1.54, 1.807) is 6.92 Å². The predicted octanol–water partition coefficient (Wildman–Crippen LogP) is 1.73. The van der Waals surface area contributed by atoms with Gasteiger partial charge >= 0.3 is 6.09 Å². The monoisotopic (exact) mass is 199 g/mol. The molecule has 1 amide bonds. The van der Waals surface area contributed by atoms with Crippen molar-refractivity contribution in [2.24, 2.45) is 0 Å². The molecular formula is C8H13N3O3. The number of hydrogen-bond donors (Lipinski definition) is 1. The van der Waals surface area contributed by atoms with Crippen LogP contribution in [0.1, 0.15) is 25.5 Å². The van der Waals surface area contributed by atoms with Gasteiger partial charge < -0.3 is 4.74 Å². The Morgan fingerprint density at radius 1 is 1.57 bits per heavy atom. The summed E-state index contributed by atoms with van der Waals surface area (Å²) in [6.07, 6.45) is 1.30. The second-order valence-electron chi connectivity index (χ2n) is 2.81. The fourth-order valence-corrected chi connectivity index (χ4v) is 0.787. The van der Waals surface area contributed by atoms with Gasteiger partial charge in [-0.05, 0) is 18.5 Å². The molecule has 0 unspecified atom stereocenters. The van der Waals surface area contributed by atoms with E-state index in [1.807, 2.05) is 6.92 Å². The number of unbranched alkanes of at least 4 members (excludes halogenated alkanes) is 1. The summed E-state index contributed by atoms with van der Waals surface area (Å²) in [6, 6.07) is 0. The molecular weight excluding hydrogens is 186 g/mol. The summed E-state index contributed by atoms with van der Waals surface area (Å²) in [7, 11) is 0. The van der Waals surface area contributed by atoms with Crippen molar-refractivity contribution >= 4 is 11.9 Å². The van der Waals surface area contributed by atoms with Crippen LogP contribution in [0.4, 0.5) is 10.6 Å². The summed E-state index contributed by atoms with van der Waals surface area (Å²) in [5.74, 6) is 0.298. The van der Waals surface area contributed by atoms with Crippen molar-refractivity contribution in [3.63, 3.8) is 0 Å². The molecule has 0 aliphatic carbocycles. The Kier molecular flexibility index (Phi) is 3.90. The van der Waals surface area contributed by atoms with Crippen molar-refractivity contribution < 1.29 is 14.2 Å². The van der Waals surface area contributed by atoms with Crippen LogP contribution in [0.5, 0.6) is 0 Å². The standard InChI is InChI=1S/C8H13N3O3/c1-3-4-5-13-8(12)9-7-6(2)10-14-11-7/h3-5H2,1-2H3,(H,9,11,12). The number of rotatable bonds is 4. The molecule has 0 saturated heterocycles. The molecule has 1 N–H and O–H groups in total. The third-order valence-corrected chi connectivity index (χ3v) is 1.60. The first-order valence-corrected chi connectivity index (χ1v) is 4.47. The number of anilines is 1. The highest BCUT2D eigenvalue weighted by Crippen LogP contribution is 2.07. The molecule has 1 aromatic heterocycles. The molecule has 0 radical (unpaired) electrons. The fraction of sp³-hybridized carbons (Fsp3) is 0.625. The number of nitrogens with zero attached hydrogens (tertiary/aromatic N) is 2. The Labute approximate surface area is 81.6 Å². The van der Waals surface area contributed by atoms with Gasteiger partial charge in [-0.15, -0.1) is 0 Å². The van der Waals surface area contributed by atoms with Gasteiger partial charge in [0.05, 0.1) is 6.61 Å². The van der Waals surface area contributed by atoms with Crippen LogP contribution >= 0.6 is 0 Å². The van der Waals surface area contributed by atoms with E-state index in [1.165, 1.54) is 0 Å². The number of nitrogens with one attached hydrogen (secondary N) is 1. The summed E-state index contributed by atoms with van der Waals surface area (Å²) in [5, 5.41) is 9.42. The highest BCUT2D eigenvalue weighted by atomic mass is 16.6. The molecule has 1 aromatic rings. The molecule has 0 aliphatic rings. The first-order chi connectivity index (χ1) is 6.74. The second-order valence-corrected chi connectivity index (χ2v) is 2.81. The first-order valence-electron chi connectivity index (χ1n) is 4.47. The van der Waals surface area contributed by atoms with Gasteiger partial charge in [-0.2, -0.15) is 0 Å². The van der Waals surface area contributed by atoms with E-state index in [9.17, 15) is 4.79 Å². The zero-order chi connectivity index (χ0) is 10.4. The number of aromatic nitrogens is 2. The zero-order valence-electron chi connectivity index (χ0n) is 8.24. The van der Waals surface area contributed by atoms with Crippen LogP contribution in [0.3, 0.4) is 0 Å². The van der Waals surface area contributed by atoms with Crippen LogP contribution in [0, 0.1) is 6.92 Å². The number of ether oxygens (including phenoxy) is 1. The lowest BCUT2D eigenvalue weighted by atomic mass is 10.4. The Bertz CT molecular complexity index is 298. The lowest BCUT2D eigenvalue weighted by molar-refractivity contribution is 0.159. The van der Waals surface area contributed by atoms with Crippen LogP contribution < -0.4 is 5.32 Å². The summed E-state index contributed by atoms with van der Waals surface area (Å²) in [4.78, 5) is 11.1. The number of carbonyl (C=O) groups excluding carboxylic acids is 1. The minimum Gasteiger partial charge on any atom is -0.449 e. The number of carbonyl (C=O) groups is 1. The van der Waals surface area contributed by atoms with Gasteiger partial charge in [0, 0.05) is 0 Å². The van der Waals surface area contributed by atoms with E-state index < -0.39 is 6.09 Å². The summed E-state index contributed by atoms with van der Waals surface area (Å²) in [6.45, 7) is 4.11. The molecule has 0 aliphatic heterocycles. The van der Waals surface area contributed by atoms with Crippen LogP contribution in [-0.2, 0) is 4.74 Å². The van der Waals surface area contributed by atoms with Crippen LogP contribution in [0.2, 0.25) is 0 Å². The maximum atomic E-state index is 11.1. The Morgan fingerprint density at radius 3 is 2.93 bits per heavy atom. The maximum Gasteiger partial charge on any atom is 0.412 e. The molecule has 6 nitrogen and oxygen atoms in total. The van der Waals surface area contributed by atoms with Crippen molar-refractivity contribution in [1.82, 2.24) is 10.3 Å². The minimum absolute atomic E-state index is 0.298. The second kappa shape index (κ2) is 5.21. The lowest BCUT2D eigenvalue weighted by Gasteiger charge is -2.02. The molecule has 0 aromatic carbocycles. The SMILES string of the molecule is CCCCOC(=O)Nc1nonc1C. The molecule has 6 heteroatoms. The maximum absolute atomic E-state index is 11.1. The molecule has 1 rings (SSSR count). The van der Waals surface area contributed by atoms with Gasteiger partial charge in [0.25, 0.3) is 0 Å². The van der Waals surface area contributed by atoms with Gasteiger partial charge in [-0.25, -0.2) is 9.42 Å². The fourth-order valence-electron chi connectivity index (χ4n) is 0.787. The third kappa shape index (κ3) is 3.04. The minimum atomic E-state index is -0.530. The smallest absolute Gasteiger partial charge is 0.412 e. The predicted molar refractivity (Wildman–Crippen MR) is 48.9 cm³/mol. The van der Waals surface area contributed by atoms with Gasteiger partial charge in [0.2, 0.25) is 5.82 Å². The van der Waals surface area contributed by atoms with Gasteiger partial charge in [-0.1, -0.05) is 18.5 Å². The quantitative estimate of drug-likeness (QED) is 0.747. The molecule has 0 spiro atoms. The van der Waals surface area contributed by atoms with Crippen molar-refractivity contribution in [2.45, 2.75) is 26.7 Å². The van der Waals surface area contributed by atoms with Crippen LogP contribution in [-0.4, -0.2) is 23.0 Å². The van der Waals surface area contributed by atoms with Crippen molar-refractivity contribution in [3.05, 3.63) is 5.69 Å². The lowest BCUT2D eigenvalue weighted by Crippen LogP contribution is -2.15. The van der Waals surface area contributed by atoms with Crippen molar-refractivity contribution in [3.8, 4) is 0 Å². The molecule has 1 heterocycles. The van der Waals surface area contributed by atoms with E-state index in [0.717, 1.165) is 12.8 Å². The van der Waals surface area contributed by atoms with Crippen molar-refractivity contribution in [2.75, 3.05) is 11.9 Å². The summed E-state index contributed by atoms with van der Waals surface area (Å²) >= 11 is 0. The largest absolute Gasteiger partial charge is 0.449 e. The normalized spacial score (nSPS) is 9.86. The van der Waals surface area contributed by atoms with Gasteiger partial charge in [-0.3, -0.25) is 5.32 Å². The molecule has 78 valence electrons. The average molecular weight is 199 g/mol. The molecule has 14 heavy (non-hydrogen) atoms. The van der Waals surface area contributed by atoms with E-state index in [0.29, 0.717) is 18.1 Å². The number of aryl methyl sites for hydroxylation is 1. The van der Waals surface area contributed by atoms with Crippen LogP contribution in [0.25, 0.3) is 0 Å². The average Bonchev–Trinajstić information content (AvgIpc) is 2.52. The summed E-state index contributed by atoms with van der Waals surface area (Å²) < 4.78 is 9.25. The first kappa shape index (κ1) is 10.5. The van der Waals surface area contributed by atoms with Gasteiger partial charge in [0.15, 0.2) is 0 Å². The number of hydrogen-bond acceptors (Lipinski definition) is 5. The van der Waals surface area contributed by atoms with E-state index in [2.05, 4.69) is 20.3 Å². The zero-order valence-corrected chi connectivity index (χ0v) is 8.24. The Hall–Kier alpha value is -1.59. The highest BCUT2D eigenvalue weighted by Gasteiger charge is 2.09. The van der Waals surface area contributed by atoms with E-state index in [-0.39, 0.29) is 0 Å². The third-order valence-electron chi connectivity index (χ3n) is 1.60. The molecule has 0 bridgehead atoms. The van der Waals surface area contributed by atoms with Crippen LogP contribution in [0.15, 0.2) is 4.63 Å². The van der Waals surface area contributed by atoms with E-state index >= 15 is 0 Å². The Morgan fingerprint density at radius 2 is 2.36 bits per heavy atom. The topological polar surface area (TPSA) is 77.2 Å². The Balaban J connectivity index is 2.31. The van der Waals surface area contributed by atoms with Crippen molar-refractivity contribution in [1.29, 1.82) is 0 Å². The van der Waals surface area contributed by atoms with Gasteiger partial charge in [0.1, 0.15) is 5.69 Å². The molecule has 0 atom stereocenters.